The number of ether oxygens (including phenoxy) is 2. The largest absolute Gasteiger partial charge is 0.466 e. The summed E-state index contributed by atoms with van der Waals surface area (Å²) in [5, 5.41) is 0. The summed E-state index contributed by atoms with van der Waals surface area (Å²) < 4.78 is 10.2. The molecule has 0 bridgehead atoms. The Labute approximate surface area is 89.8 Å². The van der Waals surface area contributed by atoms with Crippen LogP contribution in [0.5, 0.6) is 0 Å². The van der Waals surface area contributed by atoms with E-state index in [-0.39, 0.29) is 5.97 Å². The fraction of sp³-hybridized carbons (Fsp3) is 0.727. The molecule has 84 valence electrons. The van der Waals surface area contributed by atoms with Crippen LogP contribution < -0.4 is 0 Å². The Morgan fingerprint density at radius 3 is 3.20 bits per heavy atom. The van der Waals surface area contributed by atoms with E-state index in [1.54, 1.807) is 0 Å². The van der Waals surface area contributed by atoms with Gasteiger partial charge in [-0.2, -0.15) is 0 Å². The molecule has 2 aliphatic rings. The summed E-state index contributed by atoms with van der Waals surface area (Å²) in [7, 11) is 1.39. The van der Waals surface area contributed by atoms with E-state index in [9.17, 15) is 4.79 Å². The first kappa shape index (κ1) is 10.5. The molecule has 0 aromatic carbocycles. The molecule has 1 aliphatic heterocycles. The van der Waals surface area contributed by atoms with E-state index in [1.165, 1.54) is 19.6 Å². The number of fused-ring (bicyclic) bond motifs is 1. The Morgan fingerprint density at radius 2 is 2.40 bits per heavy atom. The van der Waals surface area contributed by atoms with Crippen molar-refractivity contribution in [2.24, 2.45) is 0 Å². The second-order valence-corrected chi connectivity index (χ2v) is 3.98. The maximum atomic E-state index is 11.0. The molecule has 2 atom stereocenters. The van der Waals surface area contributed by atoms with Crippen LogP contribution in [0.4, 0.5) is 0 Å². The third-order valence-corrected chi connectivity index (χ3v) is 3.13. The fourth-order valence-electron chi connectivity index (χ4n) is 2.37. The van der Waals surface area contributed by atoms with Crippen LogP contribution in [0.15, 0.2) is 12.3 Å². The summed E-state index contributed by atoms with van der Waals surface area (Å²) >= 11 is 0. The molecule has 2 fully saturated rings. The predicted molar refractivity (Wildman–Crippen MR) is 55.2 cm³/mol. The average molecular weight is 211 g/mol. The highest BCUT2D eigenvalue weighted by Crippen LogP contribution is 2.29. The minimum atomic E-state index is -0.295. The van der Waals surface area contributed by atoms with Gasteiger partial charge in [-0.3, -0.25) is 0 Å². The standard InChI is InChI=1S/C11H17NO3/c1-14-11(13)5-6-12-7-8-15-10-4-2-3-9(10)12/h5-6,9-10H,2-4,7-8H2,1H3. The molecule has 1 heterocycles. The lowest BCUT2D eigenvalue weighted by molar-refractivity contribution is -0.135. The Kier molecular flexibility index (Phi) is 3.26. The highest BCUT2D eigenvalue weighted by Gasteiger charge is 2.34. The number of methoxy groups -OCH3 is 1. The highest BCUT2D eigenvalue weighted by atomic mass is 16.5. The number of hydrogen-bond acceptors (Lipinski definition) is 4. The number of carbonyl (C=O) groups excluding carboxylic acids is 1. The molecule has 0 radical (unpaired) electrons. The van der Waals surface area contributed by atoms with Crippen LogP contribution >= 0.6 is 0 Å². The quantitative estimate of drug-likeness (QED) is 0.503. The van der Waals surface area contributed by atoms with Crippen molar-refractivity contribution in [3.63, 3.8) is 0 Å². The Bertz CT molecular complexity index is 265. The third kappa shape index (κ3) is 2.31. The van der Waals surface area contributed by atoms with Gasteiger partial charge in [-0.15, -0.1) is 0 Å². The van der Waals surface area contributed by atoms with Crippen molar-refractivity contribution in [3.8, 4) is 0 Å². The van der Waals surface area contributed by atoms with Gasteiger partial charge in [0.1, 0.15) is 0 Å². The minimum absolute atomic E-state index is 0.295. The number of nitrogens with zero attached hydrogens (tertiary/aromatic N) is 1. The van der Waals surface area contributed by atoms with Gasteiger partial charge in [-0.25, -0.2) is 4.79 Å². The van der Waals surface area contributed by atoms with E-state index in [1.807, 2.05) is 6.20 Å². The molecule has 0 amide bonds. The molecular formula is C11H17NO3. The molecule has 0 aromatic rings. The Balaban J connectivity index is 1.96. The molecule has 4 nitrogen and oxygen atoms in total. The number of hydrogen-bond donors (Lipinski definition) is 0. The van der Waals surface area contributed by atoms with Crippen LogP contribution in [-0.4, -0.2) is 43.3 Å². The monoisotopic (exact) mass is 211 g/mol. The van der Waals surface area contributed by atoms with Crippen LogP contribution in [0.25, 0.3) is 0 Å². The lowest BCUT2D eigenvalue weighted by atomic mass is 10.1. The Hall–Kier alpha value is -1.03. The van der Waals surface area contributed by atoms with Gasteiger partial charge in [0.15, 0.2) is 0 Å². The minimum Gasteiger partial charge on any atom is -0.466 e. The van der Waals surface area contributed by atoms with Crippen molar-refractivity contribution in [2.75, 3.05) is 20.3 Å². The lowest BCUT2D eigenvalue weighted by Gasteiger charge is -2.36. The van der Waals surface area contributed by atoms with E-state index in [4.69, 9.17) is 4.74 Å². The summed E-state index contributed by atoms with van der Waals surface area (Å²) in [5.74, 6) is -0.295. The molecule has 0 spiro atoms. The normalized spacial score (nSPS) is 30.6. The van der Waals surface area contributed by atoms with Gasteiger partial charge in [0.2, 0.25) is 0 Å². The fourth-order valence-corrected chi connectivity index (χ4v) is 2.37. The number of carbonyl (C=O) groups is 1. The maximum Gasteiger partial charge on any atom is 0.331 e. The van der Waals surface area contributed by atoms with Gasteiger partial charge in [-0.05, 0) is 19.3 Å². The third-order valence-electron chi connectivity index (χ3n) is 3.13. The molecule has 15 heavy (non-hydrogen) atoms. The van der Waals surface area contributed by atoms with Crippen molar-refractivity contribution < 1.29 is 14.3 Å². The number of morpholine rings is 1. The number of esters is 1. The zero-order valence-electron chi connectivity index (χ0n) is 9.02. The lowest BCUT2D eigenvalue weighted by Crippen LogP contribution is -2.45. The first-order chi connectivity index (χ1) is 7.31. The maximum absolute atomic E-state index is 11.0. The van der Waals surface area contributed by atoms with E-state index in [0.717, 1.165) is 26.0 Å². The second kappa shape index (κ2) is 4.66. The first-order valence-corrected chi connectivity index (χ1v) is 5.45. The molecule has 1 aliphatic carbocycles. The Morgan fingerprint density at radius 1 is 1.53 bits per heavy atom. The zero-order chi connectivity index (χ0) is 10.7. The van der Waals surface area contributed by atoms with Crippen molar-refractivity contribution in [1.29, 1.82) is 0 Å². The summed E-state index contributed by atoms with van der Waals surface area (Å²) in [4.78, 5) is 13.2. The topological polar surface area (TPSA) is 38.8 Å². The summed E-state index contributed by atoms with van der Waals surface area (Å²) in [5.41, 5.74) is 0. The van der Waals surface area contributed by atoms with Crippen LogP contribution in [0.1, 0.15) is 19.3 Å². The summed E-state index contributed by atoms with van der Waals surface area (Å²) in [6.07, 6.45) is 7.22. The molecule has 1 saturated carbocycles. The molecule has 2 unspecified atom stereocenters. The zero-order valence-corrected chi connectivity index (χ0v) is 9.02. The molecule has 2 rings (SSSR count). The summed E-state index contributed by atoms with van der Waals surface area (Å²) in [6.45, 7) is 1.63. The molecule has 0 aromatic heterocycles. The van der Waals surface area contributed by atoms with Crippen molar-refractivity contribution in [3.05, 3.63) is 12.3 Å². The van der Waals surface area contributed by atoms with Crippen LogP contribution in [-0.2, 0) is 14.3 Å². The van der Waals surface area contributed by atoms with E-state index < -0.39 is 0 Å². The van der Waals surface area contributed by atoms with Crippen LogP contribution in [0.2, 0.25) is 0 Å². The van der Waals surface area contributed by atoms with Crippen molar-refractivity contribution >= 4 is 5.97 Å². The highest BCUT2D eigenvalue weighted by molar-refractivity contribution is 5.81. The van der Waals surface area contributed by atoms with Crippen LogP contribution in [0, 0.1) is 0 Å². The van der Waals surface area contributed by atoms with Crippen molar-refractivity contribution in [2.45, 2.75) is 31.4 Å². The molecule has 0 N–H and O–H groups in total. The average Bonchev–Trinajstić information content (AvgIpc) is 2.74. The van der Waals surface area contributed by atoms with Gasteiger partial charge < -0.3 is 14.4 Å². The van der Waals surface area contributed by atoms with Crippen LogP contribution in [0.3, 0.4) is 0 Å². The summed E-state index contributed by atoms with van der Waals surface area (Å²) in [6, 6.07) is 0.458. The smallest absolute Gasteiger partial charge is 0.331 e. The van der Waals surface area contributed by atoms with Gasteiger partial charge in [0.05, 0.1) is 25.9 Å². The molecule has 4 heteroatoms. The SMILES string of the molecule is COC(=O)C=CN1CCOC2CCCC21. The first-order valence-electron chi connectivity index (χ1n) is 5.45. The van der Waals surface area contributed by atoms with E-state index >= 15 is 0 Å². The van der Waals surface area contributed by atoms with E-state index in [2.05, 4.69) is 9.64 Å². The molecular weight excluding hydrogens is 194 g/mol. The van der Waals surface area contributed by atoms with Crippen molar-refractivity contribution in [1.82, 2.24) is 4.90 Å². The second-order valence-electron chi connectivity index (χ2n) is 3.98. The predicted octanol–water partition coefficient (Wildman–Crippen LogP) is 0.926. The molecule has 1 saturated heterocycles. The van der Waals surface area contributed by atoms with Gasteiger partial charge in [0.25, 0.3) is 0 Å². The van der Waals surface area contributed by atoms with Gasteiger partial charge in [-0.1, -0.05) is 0 Å². The van der Waals surface area contributed by atoms with E-state index in [0.29, 0.717) is 12.1 Å². The van der Waals surface area contributed by atoms with Gasteiger partial charge >= 0.3 is 5.97 Å². The number of rotatable bonds is 2. The van der Waals surface area contributed by atoms with Gasteiger partial charge in [0, 0.05) is 18.8 Å².